The van der Waals surface area contributed by atoms with E-state index in [-0.39, 0.29) is 0 Å². The summed E-state index contributed by atoms with van der Waals surface area (Å²) in [5, 5.41) is 8.61. The molecule has 152 valence electrons. The van der Waals surface area contributed by atoms with Gasteiger partial charge in [-0.15, -0.1) is 10.2 Å². The Balaban J connectivity index is 1.43. The Morgan fingerprint density at radius 3 is 2.14 bits per heavy atom. The van der Waals surface area contributed by atoms with Crippen molar-refractivity contribution in [2.24, 2.45) is 0 Å². The van der Waals surface area contributed by atoms with E-state index in [4.69, 9.17) is 0 Å². The molecule has 4 rings (SSSR count). The van der Waals surface area contributed by atoms with E-state index in [1.165, 1.54) is 0 Å². The number of piperazine rings is 1. The van der Waals surface area contributed by atoms with E-state index in [1.807, 2.05) is 42.0 Å². The van der Waals surface area contributed by atoms with Crippen LogP contribution in [0.2, 0.25) is 0 Å². The zero-order valence-electron chi connectivity index (χ0n) is 16.6. The zero-order chi connectivity index (χ0) is 20.4. The first-order valence-corrected chi connectivity index (χ1v) is 11.1. The molecule has 29 heavy (non-hydrogen) atoms. The van der Waals surface area contributed by atoms with Crippen molar-refractivity contribution in [2.45, 2.75) is 25.2 Å². The van der Waals surface area contributed by atoms with E-state index in [0.29, 0.717) is 36.9 Å². The standard InChI is InChI=1S/C20H24N6O2S/c1-3-17-4-6-18(7-5-17)29(27,28)25-14-12-24(13-15-25)19-8-9-20(23-22-19)26-11-10-21-16(26)2/h4-11H,3,12-15H2,1-2H3. The van der Waals surface area contributed by atoms with Crippen LogP contribution in [-0.2, 0) is 16.4 Å². The van der Waals surface area contributed by atoms with Crippen LogP contribution in [0.25, 0.3) is 5.82 Å². The fraction of sp³-hybridized carbons (Fsp3) is 0.350. The topological polar surface area (TPSA) is 84.2 Å². The van der Waals surface area contributed by atoms with Crippen LogP contribution in [0, 0.1) is 6.92 Å². The molecule has 0 N–H and O–H groups in total. The fourth-order valence-corrected chi connectivity index (χ4v) is 4.86. The molecule has 1 saturated heterocycles. The molecule has 2 aromatic heterocycles. The maximum atomic E-state index is 12.9. The van der Waals surface area contributed by atoms with Crippen LogP contribution in [0.5, 0.6) is 0 Å². The summed E-state index contributed by atoms with van der Waals surface area (Å²) >= 11 is 0. The van der Waals surface area contributed by atoms with E-state index in [1.54, 1.807) is 22.6 Å². The van der Waals surface area contributed by atoms with Gasteiger partial charge in [0.15, 0.2) is 11.6 Å². The van der Waals surface area contributed by atoms with Gasteiger partial charge in [-0.1, -0.05) is 19.1 Å². The van der Waals surface area contributed by atoms with Gasteiger partial charge in [-0.2, -0.15) is 4.31 Å². The van der Waals surface area contributed by atoms with Crippen LogP contribution >= 0.6 is 0 Å². The molecule has 1 aliphatic heterocycles. The number of nitrogens with zero attached hydrogens (tertiary/aromatic N) is 6. The summed E-state index contributed by atoms with van der Waals surface area (Å²) in [7, 11) is -3.47. The molecule has 1 aromatic carbocycles. The molecule has 1 aliphatic rings. The highest BCUT2D eigenvalue weighted by Gasteiger charge is 2.29. The van der Waals surface area contributed by atoms with Gasteiger partial charge in [-0.05, 0) is 43.2 Å². The van der Waals surface area contributed by atoms with Gasteiger partial charge in [0.1, 0.15) is 5.82 Å². The lowest BCUT2D eigenvalue weighted by molar-refractivity contribution is 0.383. The molecule has 1 fully saturated rings. The van der Waals surface area contributed by atoms with Gasteiger partial charge in [0.25, 0.3) is 0 Å². The number of anilines is 1. The number of benzene rings is 1. The zero-order valence-corrected chi connectivity index (χ0v) is 17.4. The second-order valence-electron chi connectivity index (χ2n) is 6.98. The smallest absolute Gasteiger partial charge is 0.243 e. The molecule has 0 aliphatic carbocycles. The maximum absolute atomic E-state index is 12.9. The third kappa shape index (κ3) is 3.88. The van der Waals surface area contributed by atoms with Crippen molar-refractivity contribution >= 4 is 15.8 Å². The van der Waals surface area contributed by atoms with Crippen LogP contribution in [0.3, 0.4) is 0 Å². The number of sulfonamides is 1. The highest BCUT2D eigenvalue weighted by atomic mass is 32.2. The van der Waals surface area contributed by atoms with Crippen LogP contribution in [0.1, 0.15) is 18.3 Å². The van der Waals surface area contributed by atoms with Crippen LogP contribution in [-0.4, -0.2) is 58.7 Å². The number of hydrogen-bond acceptors (Lipinski definition) is 6. The Hall–Kier alpha value is -2.78. The van der Waals surface area contributed by atoms with Gasteiger partial charge in [0.2, 0.25) is 10.0 Å². The summed E-state index contributed by atoms with van der Waals surface area (Å²) in [6.45, 7) is 5.94. The number of aryl methyl sites for hydroxylation is 2. The molecule has 0 radical (unpaired) electrons. The molecule has 0 unspecified atom stereocenters. The van der Waals surface area contributed by atoms with Crippen molar-refractivity contribution in [3.05, 3.63) is 60.2 Å². The highest BCUT2D eigenvalue weighted by molar-refractivity contribution is 7.89. The quantitative estimate of drug-likeness (QED) is 0.638. The molecule has 0 saturated carbocycles. The average Bonchev–Trinajstić information content (AvgIpc) is 3.20. The van der Waals surface area contributed by atoms with E-state index in [0.717, 1.165) is 23.6 Å². The van der Waals surface area contributed by atoms with Gasteiger partial charge >= 0.3 is 0 Å². The Bertz CT molecular complexity index is 1070. The molecule has 3 aromatic rings. The van der Waals surface area contributed by atoms with Crippen LogP contribution in [0.4, 0.5) is 5.82 Å². The number of rotatable bonds is 5. The largest absolute Gasteiger partial charge is 0.352 e. The Morgan fingerprint density at radius 2 is 1.59 bits per heavy atom. The highest BCUT2D eigenvalue weighted by Crippen LogP contribution is 2.21. The predicted octanol–water partition coefficient (Wildman–Crippen LogP) is 2.04. The van der Waals surface area contributed by atoms with Gasteiger partial charge < -0.3 is 4.90 Å². The Labute approximate surface area is 170 Å². The van der Waals surface area contributed by atoms with E-state index < -0.39 is 10.0 Å². The number of hydrogen-bond donors (Lipinski definition) is 0. The van der Waals surface area contributed by atoms with Crippen molar-refractivity contribution < 1.29 is 8.42 Å². The molecule has 0 atom stereocenters. The fourth-order valence-electron chi connectivity index (χ4n) is 3.44. The average molecular weight is 413 g/mol. The van der Waals surface area contributed by atoms with Crippen molar-refractivity contribution in [1.82, 2.24) is 24.1 Å². The summed E-state index contributed by atoms with van der Waals surface area (Å²) in [4.78, 5) is 6.60. The van der Waals surface area contributed by atoms with Crippen molar-refractivity contribution in [2.75, 3.05) is 31.1 Å². The number of aromatic nitrogens is 4. The summed E-state index contributed by atoms with van der Waals surface area (Å²) in [6, 6.07) is 11.0. The van der Waals surface area contributed by atoms with Gasteiger partial charge in [-0.3, -0.25) is 4.57 Å². The van der Waals surface area contributed by atoms with Crippen molar-refractivity contribution in [3.63, 3.8) is 0 Å². The monoisotopic (exact) mass is 412 g/mol. The van der Waals surface area contributed by atoms with Crippen molar-refractivity contribution in [1.29, 1.82) is 0 Å². The predicted molar refractivity (Wildman–Crippen MR) is 111 cm³/mol. The molecule has 0 spiro atoms. The maximum Gasteiger partial charge on any atom is 0.243 e. The van der Waals surface area contributed by atoms with Gasteiger partial charge in [-0.25, -0.2) is 13.4 Å². The Kier molecular flexibility index (Phi) is 5.33. The SMILES string of the molecule is CCc1ccc(S(=O)(=O)N2CCN(c3ccc(-n4ccnc4C)nn3)CC2)cc1. The van der Waals surface area contributed by atoms with E-state index >= 15 is 0 Å². The normalized spacial score (nSPS) is 15.6. The minimum Gasteiger partial charge on any atom is -0.352 e. The second kappa shape index (κ2) is 7.92. The third-order valence-electron chi connectivity index (χ3n) is 5.24. The van der Waals surface area contributed by atoms with Crippen molar-refractivity contribution in [3.8, 4) is 5.82 Å². The molecular weight excluding hydrogens is 388 g/mol. The van der Waals surface area contributed by atoms with Crippen LogP contribution in [0.15, 0.2) is 53.7 Å². The molecular formula is C20H24N6O2S. The minimum atomic E-state index is -3.47. The summed E-state index contributed by atoms with van der Waals surface area (Å²) in [5.41, 5.74) is 1.13. The molecule has 9 heteroatoms. The first-order chi connectivity index (χ1) is 14.0. The second-order valence-corrected chi connectivity index (χ2v) is 8.92. The van der Waals surface area contributed by atoms with E-state index in [2.05, 4.69) is 27.0 Å². The Morgan fingerprint density at radius 1 is 0.931 bits per heavy atom. The molecule has 0 amide bonds. The van der Waals surface area contributed by atoms with Crippen LogP contribution < -0.4 is 4.90 Å². The molecule has 0 bridgehead atoms. The lowest BCUT2D eigenvalue weighted by atomic mass is 10.2. The van der Waals surface area contributed by atoms with Gasteiger partial charge in [0, 0.05) is 38.6 Å². The summed E-state index contributed by atoms with van der Waals surface area (Å²) < 4.78 is 29.2. The first kappa shape index (κ1) is 19.5. The molecule has 8 nitrogen and oxygen atoms in total. The first-order valence-electron chi connectivity index (χ1n) is 9.67. The minimum absolute atomic E-state index is 0.350. The molecule has 3 heterocycles. The lowest BCUT2D eigenvalue weighted by Crippen LogP contribution is -2.49. The summed E-state index contributed by atoms with van der Waals surface area (Å²) in [5.74, 6) is 2.30. The number of imidazole rings is 1. The lowest BCUT2D eigenvalue weighted by Gasteiger charge is -2.34. The third-order valence-corrected chi connectivity index (χ3v) is 7.15. The summed E-state index contributed by atoms with van der Waals surface area (Å²) in [6.07, 6.45) is 4.45. The van der Waals surface area contributed by atoms with E-state index in [9.17, 15) is 8.42 Å². The van der Waals surface area contributed by atoms with Gasteiger partial charge in [0.05, 0.1) is 4.90 Å².